The number of aliphatic hydroxyl groups excluding tert-OH is 3. The van der Waals surface area contributed by atoms with Crippen LogP contribution >= 0.6 is 0 Å². The quantitative estimate of drug-likeness (QED) is 0.647. The van der Waals surface area contributed by atoms with Gasteiger partial charge < -0.3 is 24.8 Å². The van der Waals surface area contributed by atoms with E-state index in [1.165, 1.54) is 0 Å². The van der Waals surface area contributed by atoms with Gasteiger partial charge in [-0.25, -0.2) is 0 Å². The van der Waals surface area contributed by atoms with E-state index >= 15 is 0 Å². The fourth-order valence-corrected chi connectivity index (χ4v) is 2.81. The first-order valence-electron chi connectivity index (χ1n) is 6.40. The Labute approximate surface area is 101 Å². The summed E-state index contributed by atoms with van der Waals surface area (Å²) in [5.74, 6) is -1.07. The highest BCUT2D eigenvalue weighted by atomic mass is 16.7. The number of ether oxygens (including phenoxy) is 2. The molecule has 1 spiro atoms. The lowest BCUT2D eigenvalue weighted by Gasteiger charge is -2.49. The summed E-state index contributed by atoms with van der Waals surface area (Å²) < 4.78 is 11.6. The van der Waals surface area contributed by atoms with Crippen molar-refractivity contribution >= 4 is 0 Å². The maximum absolute atomic E-state index is 10.1. The van der Waals surface area contributed by atoms with Gasteiger partial charge in [-0.05, 0) is 26.2 Å². The third-order valence-corrected chi connectivity index (χ3v) is 3.67. The van der Waals surface area contributed by atoms with Crippen LogP contribution in [0.25, 0.3) is 0 Å². The Kier molecular flexibility index (Phi) is 4.05. The SMILES string of the molecule is C[C@@H]1CCC[C@@]2(O[C@H](CCO)C[C@@H](O)[C@@H]2O)O1. The predicted molar refractivity (Wildman–Crippen MR) is 60.3 cm³/mol. The maximum Gasteiger partial charge on any atom is 0.197 e. The molecule has 0 bridgehead atoms. The van der Waals surface area contributed by atoms with Crippen LogP contribution in [-0.2, 0) is 9.47 Å². The summed E-state index contributed by atoms with van der Waals surface area (Å²) in [6.45, 7) is 1.96. The molecule has 2 aliphatic rings. The van der Waals surface area contributed by atoms with Crippen molar-refractivity contribution in [3.63, 3.8) is 0 Å². The van der Waals surface area contributed by atoms with E-state index in [-0.39, 0.29) is 18.8 Å². The number of rotatable bonds is 2. The van der Waals surface area contributed by atoms with E-state index in [0.29, 0.717) is 19.3 Å². The Balaban J connectivity index is 2.11. The van der Waals surface area contributed by atoms with Crippen molar-refractivity contribution in [1.82, 2.24) is 0 Å². The molecule has 5 atom stereocenters. The Morgan fingerprint density at radius 2 is 2.06 bits per heavy atom. The van der Waals surface area contributed by atoms with E-state index in [2.05, 4.69) is 0 Å². The van der Waals surface area contributed by atoms with Crippen LogP contribution in [0, 0.1) is 0 Å². The molecular weight excluding hydrogens is 224 g/mol. The third-order valence-electron chi connectivity index (χ3n) is 3.67. The van der Waals surface area contributed by atoms with Gasteiger partial charge in [0.2, 0.25) is 0 Å². The zero-order valence-corrected chi connectivity index (χ0v) is 10.2. The summed E-state index contributed by atoms with van der Waals surface area (Å²) >= 11 is 0. The first kappa shape index (κ1) is 13.2. The molecule has 2 fully saturated rings. The molecule has 0 saturated carbocycles. The molecular formula is C12H22O5. The van der Waals surface area contributed by atoms with Crippen molar-refractivity contribution in [2.45, 2.75) is 69.2 Å². The van der Waals surface area contributed by atoms with Crippen LogP contribution in [0.2, 0.25) is 0 Å². The lowest BCUT2D eigenvalue weighted by atomic mass is 9.88. The van der Waals surface area contributed by atoms with Gasteiger partial charge in [0.25, 0.3) is 0 Å². The summed E-state index contributed by atoms with van der Waals surface area (Å²) in [5.41, 5.74) is 0. The maximum atomic E-state index is 10.1. The highest BCUT2D eigenvalue weighted by Gasteiger charge is 2.51. The van der Waals surface area contributed by atoms with Gasteiger partial charge in [-0.3, -0.25) is 0 Å². The van der Waals surface area contributed by atoms with Gasteiger partial charge in [-0.15, -0.1) is 0 Å². The molecule has 0 radical (unpaired) electrons. The van der Waals surface area contributed by atoms with Crippen LogP contribution in [0.4, 0.5) is 0 Å². The van der Waals surface area contributed by atoms with Crippen molar-refractivity contribution < 1.29 is 24.8 Å². The Morgan fingerprint density at radius 3 is 2.71 bits per heavy atom. The van der Waals surface area contributed by atoms with Crippen LogP contribution in [0.1, 0.15) is 39.0 Å². The topological polar surface area (TPSA) is 79.2 Å². The van der Waals surface area contributed by atoms with Gasteiger partial charge >= 0.3 is 0 Å². The zero-order chi connectivity index (χ0) is 12.5. The predicted octanol–water partition coefficient (Wildman–Crippen LogP) is 0.165. The molecule has 0 unspecified atom stereocenters. The van der Waals surface area contributed by atoms with Gasteiger partial charge in [0.05, 0.1) is 18.3 Å². The average molecular weight is 246 g/mol. The molecule has 0 aliphatic carbocycles. The number of hydrogen-bond acceptors (Lipinski definition) is 5. The lowest BCUT2D eigenvalue weighted by Crippen LogP contribution is -2.61. The van der Waals surface area contributed by atoms with Gasteiger partial charge in [-0.1, -0.05) is 0 Å². The molecule has 5 heteroatoms. The fraction of sp³-hybridized carbons (Fsp3) is 1.00. The average Bonchev–Trinajstić information content (AvgIpc) is 2.26. The minimum atomic E-state index is -1.07. The van der Waals surface area contributed by atoms with E-state index in [9.17, 15) is 10.2 Å². The summed E-state index contributed by atoms with van der Waals surface area (Å²) in [5, 5.41) is 28.9. The molecule has 2 saturated heterocycles. The zero-order valence-electron chi connectivity index (χ0n) is 10.2. The van der Waals surface area contributed by atoms with Gasteiger partial charge in [0.1, 0.15) is 6.10 Å². The molecule has 100 valence electrons. The summed E-state index contributed by atoms with van der Waals surface area (Å²) in [7, 11) is 0. The number of aliphatic hydroxyl groups is 3. The highest BCUT2D eigenvalue weighted by Crippen LogP contribution is 2.40. The van der Waals surface area contributed by atoms with E-state index in [0.717, 1.165) is 12.8 Å². The van der Waals surface area contributed by atoms with E-state index in [1.54, 1.807) is 0 Å². The summed E-state index contributed by atoms with van der Waals surface area (Å²) in [6, 6.07) is 0. The number of hydrogen-bond donors (Lipinski definition) is 3. The second-order valence-corrected chi connectivity index (χ2v) is 5.13. The minimum Gasteiger partial charge on any atom is -0.396 e. The summed E-state index contributed by atoms with van der Waals surface area (Å²) in [6.07, 6.45) is 1.20. The fourth-order valence-electron chi connectivity index (χ4n) is 2.81. The lowest BCUT2D eigenvalue weighted by molar-refractivity contribution is -0.365. The first-order chi connectivity index (χ1) is 8.07. The van der Waals surface area contributed by atoms with Crippen molar-refractivity contribution in [2.75, 3.05) is 6.61 Å². The van der Waals surface area contributed by atoms with Crippen LogP contribution in [0.5, 0.6) is 0 Å². The molecule has 2 rings (SSSR count). The third kappa shape index (κ3) is 2.63. The molecule has 0 aromatic carbocycles. The second-order valence-electron chi connectivity index (χ2n) is 5.13. The first-order valence-corrected chi connectivity index (χ1v) is 6.40. The van der Waals surface area contributed by atoms with E-state index in [1.807, 2.05) is 6.92 Å². The molecule has 0 aromatic rings. The molecule has 2 heterocycles. The van der Waals surface area contributed by atoms with E-state index in [4.69, 9.17) is 14.6 Å². The van der Waals surface area contributed by atoms with Crippen molar-refractivity contribution in [2.24, 2.45) is 0 Å². The molecule has 3 N–H and O–H groups in total. The molecule has 2 aliphatic heterocycles. The Bertz CT molecular complexity index is 259. The highest BCUT2D eigenvalue weighted by molar-refractivity contribution is 4.94. The van der Waals surface area contributed by atoms with Crippen LogP contribution < -0.4 is 0 Å². The smallest absolute Gasteiger partial charge is 0.197 e. The molecule has 17 heavy (non-hydrogen) atoms. The van der Waals surface area contributed by atoms with Crippen molar-refractivity contribution in [3.8, 4) is 0 Å². The van der Waals surface area contributed by atoms with Crippen LogP contribution in [-0.4, -0.2) is 52.1 Å². The van der Waals surface area contributed by atoms with Crippen LogP contribution in [0.15, 0.2) is 0 Å². The monoisotopic (exact) mass is 246 g/mol. The Hall–Kier alpha value is -0.200. The largest absolute Gasteiger partial charge is 0.396 e. The second kappa shape index (κ2) is 5.20. The van der Waals surface area contributed by atoms with Gasteiger partial charge in [0, 0.05) is 19.4 Å². The van der Waals surface area contributed by atoms with Gasteiger partial charge in [0.15, 0.2) is 5.79 Å². The normalized spacial score (nSPS) is 47.3. The molecule has 5 nitrogen and oxygen atoms in total. The molecule has 0 aromatic heterocycles. The van der Waals surface area contributed by atoms with Crippen molar-refractivity contribution in [3.05, 3.63) is 0 Å². The van der Waals surface area contributed by atoms with Gasteiger partial charge in [-0.2, -0.15) is 0 Å². The van der Waals surface area contributed by atoms with E-state index < -0.39 is 18.0 Å². The van der Waals surface area contributed by atoms with Crippen LogP contribution in [0.3, 0.4) is 0 Å². The summed E-state index contributed by atoms with van der Waals surface area (Å²) in [4.78, 5) is 0. The minimum absolute atomic E-state index is 0.0130. The standard InChI is InChI=1S/C12H22O5/c1-8-3-2-5-12(16-8)11(15)10(14)7-9(17-12)4-6-13/h8-11,13-15H,2-7H2,1H3/t8-,9-,10-,11+,12+/m1/s1. The van der Waals surface area contributed by atoms with Crippen molar-refractivity contribution in [1.29, 1.82) is 0 Å². The Morgan fingerprint density at radius 1 is 1.29 bits per heavy atom. The molecule has 0 amide bonds.